The minimum atomic E-state index is -0.119. The van der Waals surface area contributed by atoms with Gasteiger partial charge in [-0.15, -0.1) is 0 Å². The van der Waals surface area contributed by atoms with Crippen molar-refractivity contribution in [2.45, 2.75) is 20.0 Å². The molecule has 0 aliphatic carbocycles. The van der Waals surface area contributed by atoms with Crippen molar-refractivity contribution in [3.63, 3.8) is 0 Å². The van der Waals surface area contributed by atoms with E-state index < -0.39 is 0 Å². The average molecular weight is 444 g/mol. The molecule has 33 heavy (non-hydrogen) atoms. The fourth-order valence-electron chi connectivity index (χ4n) is 4.23. The number of methoxy groups -OCH3 is 2. The summed E-state index contributed by atoms with van der Waals surface area (Å²) < 4.78 is 22.9. The second-order valence-electron chi connectivity index (χ2n) is 8.05. The average Bonchev–Trinajstić information content (AvgIpc) is 3.16. The normalized spacial score (nSPS) is 16.1. The molecule has 168 valence electrons. The lowest BCUT2D eigenvalue weighted by Gasteiger charge is -2.30. The van der Waals surface area contributed by atoms with Crippen LogP contribution in [0, 0.1) is 6.92 Å². The molecule has 1 aromatic heterocycles. The van der Waals surface area contributed by atoms with Gasteiger partial charge in [-0.3, -0.25) is 14.7 Å². The van der Waals surface area contributed by atoms with Gasteiger partial charge in [0.15, 0.2) is 17.3 Å². The van der Waals surface area contributed by atoms with Crippen molar-refractivity contribution in [3.8, 4) is 23.0 Å². The molecule has 3 heterocycles. The Morgan fingerprint density at radius 1 is 1.15 bits per heavy atom. The van der Waals surface area contributed by atoms with Crippen LogP contribution in [0.25, 0.3) is 6.08 Å². The predicted molar refractivity (Wildman–Crippen MR) is 123 cm³/mol. The molecule has 0 amide bonds. The number of ether oxygens (including phenoxy) is 4. The molecule has 0 saturated carbocycles. The van der Waals surface area contributed by atoms with Crippen LogP contribution < -0.4 is 18.9 Å². The van der Waals surface area contributed by atoms with E-state index in [1.54, 1.807) is 32.7 Å². The smallest absolute Gasteiger partial charge is 0.232 e. The molecular formula is C26H24N2O5. The number of hydrogen-bond acceptors (Lipinski definition) is 7. The molecule has 2 aliphatic rings. The number of fused-ring (bicyclic) bond motifs is 3. The van der Waals surface area contributed by atoms with Crippen LogP contribution in [0.15, 0.2) is 54.6 Å². The summed E-state index contributed by atoms with van der Waals surface area (Å²) in [5.74, 6) is 2.89. The first-order valence-corrected chi connectivity index (χ1v) is 10.6. The monoisotopic (exact) mass is 444 g/mol. The molecule has 0 radical (unpaired) electrons. The Hall–Kier alpha value is -3.84. The van der Waals surface area contributed by atoms with Gasteiger partial charge in [0.1, 0.15) is 18.2 Å². The molecule has 0 atom stereocenters. The maximum Gasteiger partial charge on any atom is 0.232 e. The van der Waals surface area contributed by atoms with Crippen LogP contribution in [0.3, 0.4) is 0 Å². The summed E-state index contributed by atoms with van der Waals surface area (Å²) in [5, 5.41) is 0. The molecule has 2 aliphatic heterocycles. The van der Waals surface area contributed by atoms with Gasteiger partial charge in [0.05, 0.1) is 25.3 Å². The lowest BCUT2D eigenvalue weighted by Crippen LogP contribution is -2.31. The fourth-order valence-corrected chi connectivity index (χ4v) is 4.23. The van der Waals surface area contributed by atoms with Crippen LogP contribution in [0.5, 0.6) is 23.0 Å². The Morgan fingerprint density at radius 3 is 2.76 bits per heavy atom. The Kier molecular flexibility index (Phi) is 5.48. The highest BCUT2D eigenvalue weighted by Crippen LogP contribution is 2.44. The van der Waals surface area contributed by atoms with E-state index in [4.69, 9.17) is 18.9 Å². The van der Waals surface area contributed by atoms with Gasteiger partial charge in [-0.25, -0.2) is 0 Å². The number of carbonyl (C=O) groups excluding carboxylic acids is 1. The summed E-state index contributed by atoms with van der Waals surface area (Å²) in [4.78, 5) is 19.4. The summed E-state index contributed by atoms with van der Waals surface area (Å²) in [5.41, 5.74) is 4.20. The van der Waals surface area contributed by atoms with E-state index in [2.05, 4.69) is 9.88 Å². The highest BCUT2D eigenvalue weighted by molar-refractivity contribution is 6.15. The molecule has 0 saturated heterocycles. The van der Waals surface area contributed by atoms with Gasteiger partial charge >= 0.3 is 0 Å². The Morgan fingerprint density at radius 2 is 2.00 bits per heavy atom. The molecule has 0 spiro atoms. The van der Waals surface area contributed by atoms with Crippen molar-refractivity contribution in [2.24, 2.45) is 0 Å². The summed E-state index contributed by atoms with van der Waals surface area (Å²) in [7, 11) is 3.24. The maximum atomic E-state index is 13.1. The first-order valence-electron chi connectivity index (χ1n) is 10.6. The summed E-state index contributed by atoms with van der Waals surface area (Å²) in [6.07, 6.45) is 5.12. The fraction of sp³-hybridized carbons (Fsp3) is 0.231. The first kappa shape index (κ1) is 21.0. The molecular weight excluding hydrogens is 420 g/mol. The Labute approximate surface area is 192 Å². The van der Waals surface area contributed by atoms with E-state index in [0.29, 0.717) is 48.4 Å². The molecule has 2 aromatic carbocycles. The van der Waals surface area contributed by atoms with Crippen LogP contribution in [0.4, 0.5) is 0 Å². The molecule has 0 N–H and O–H groups in total. The number of carbonyl (C=O) groups is 1. The van der Waals surface area contributed by atoms with Crippen LogP contribution in [0.1, 0.15) is 32.6 Å². The lowest BCUT2D eigenvalue weighted by molar-refractivity contribution is 0.0871. The van der Waals surface area contributed by atoms with Gasteiger partial charge in [-0.05, 0) is 54.0 Å². The van der Waals surface area contributed by atoms with E-state index in [1.165, 1.54) is 0 Å². The number of allylic oxidation sites excluding steroid dienone is 1. The van der Waals surface area contributed by atoms with E-state index in [9.17, 15) is 4.79 Å². The van der Waals surface area contributed by atoms with Crippen molar-refractivity contribution < 1.29 is 23.7 Å². The minimum Gasteiger partial charge on any atom is -0.493 e. The largest absolute Gasteiger partial charge is 0.493 e. The minimum absolute atomic E-state index is 0.119. The quantitative estimate of drug-likeness (QED) is 0.541. The summed E-state index contributed by atoms with van der Waals surface area (Å²) in [6, 6.07) is 11.5. The first-order chi connectivity index (χ1) is 16.1. The Balaban J connectivity index is 1.43. The third-order valence-corrected chi connectivity index (χ3v) is 5.82. The number of hydrogen-bond donors (Lipinski definition) is 0. The summed E-state index contributed by atoms with van der Waals surface area (Å²) in [6.45, 7) is 3.59. The Bertz CT molecular complexity index is 1250. The molecule has 0 unspecified atom stereocenters. The number of Topliss-reactive ketones (excluding diaryl/α,β-unsaturated/α-hetero) is 1. The number of aryl methyl sites for hydroxylation is 1. The zero-order valence-electron chi connectivity index (χ0n) is 18.8. The van der Waals surface area contributed by atoms with Crippen LogP contribution in [0.2, 0.25) is 0 Å². The van der Waals surface area contributed by atoms with Gasteiger partial charge in [0.2, 0.25) is 5.78 Å². The number of nitrogens with zero attached hydrogens (tertiary/aromatic N) is 2. The van der Waals surface area contributed by atoms with Gasteiger partial charge in [-0.2, -0.15) is 0 Å². The number of pyridine rings is 1. The number of aromatic nitrogens is 1. The SMILES string of the molecule is COc1ccc(CN2COc3cc(C)c4c(c3C2)O/C(=C\c2cccnc2)C4=O)cc1OC. The number of rotatable bonds is 5. The third-order valence-electron chi connectivity index (χ3n) is 5.82. The second kappa shape index (κ2) is 8.60. The van der Waals surface area contributed by atoms with Crippen molar-refractivity contribution in [3.05, 3.63) is 82.4 Å². The highest BCUT2D eigenvalue weighted by atomic mass is 16.5. The topological polar surface area (TPSA) is 70.1 Å². The van der Waals surface area contributed by atoms with Crippen LogP contribution in [-0.2, 0) is 13.1 Å². The lowest BCUT2D eigenvalue weighted by atomic mass is 9.98. The molecule has 0 bridgehead atoms. The standard InChI is InChI=1S/C26H24N2O5/c1-16-9-21-19(26-24(16)25(29)23(33-26)10-17-5-4-8-27-12-17)14-28(15-32-21)13-18-6-7-20(30-2)22(11-18)31-3/h4-12H,13-15H2,1-3H3/b23-10-. The van der Waals surface area contributed by atoms with E-state index in [1.807, 2.05) is 43.3 Å². The third kappa shape index (κ3) is 3.91. The van der Waals surface area contributed by atoms with Crippen molar-refractivity contribution >= 4 is 11.9 Å². The van der Waals surface area contributed by atoms with E-state index in [0.717, 1.165) is 28.0 Å². The maximum absolute atomic E-state index is 13.1. The van der Waals surface area contributed by atoms with Gasteiger partial charge in [0.25, 0.3) is 0 Å². The van der Waals surface area contributed by atoms with Crippen molar-refractivity contribution in [1.29, 1.82) is 0 Å². The molecule has 7 nitrogen and oxygen atoms in total. The van der Waals surface area contributed by atoms with Crippen molar-refractivity contribution in [2.75, 3.05) is 21.0 Å². The number of ketones is 1. The zero-order valence-corrected chi connectivity index (χ0v) is 18.8. The molecule has 5 rings (SSSR count). The highest BCUT2D eigenvalue weighted by Gasteiger charge is 2.35. The van der Waals surface area contributed by atoms with E-state index in [-0.39, 0.29) is 5.78 Å². The van der Waals surface area contributed by atoms with Gasteiger partial charge < -0.3 is 18.9 Å². The van der Waals surface area contributed by atoms with Crippen molar-refractivity contribution in [1.82, 2.24) is 9.88 Å². The summed E-state index contributed by atoms with van der Waals surface area (Å²) >= 11 is 0. The van der Waals surface area contributed by atoms with Crippen LogP contribution >= 0.6 is 0 Å². The molecule has 7 heteroatoms. The predicted octanol–water partition coefficient (Wildman–Crippen LogP) is 4.38. The molecule has 0 fully saturated rings. The van der Waals surface area contributed by atoms with E-state index >= 15 is 0 Å². The number of benzene rings is 2. The second-order valence-corrected chi connectivity index (χ2v) is 8.05. The zero-order chi connectivity index (χ0) is 22.9. The van der Waals surface area contributed by atoms with Gasteiger partial charge in [0, 0.05) is 25.5 Å². The van der Waals surface area contributed by atoms with Gasteiger partial charge in [-0.1, -0.05) is 12.1 Å². The van der Waals surface area contributed by atoms with Crippen LogP contribution in [-0.4, -0.2) is 36.6 Å². The molecule has 3 aromatic rings.